The maximum Gasteiger partial charge on any atom is 0.346 e. The van der Waals surface area contributed by atoms with E-state index >= 15 is 0 Å². The Balaban J connectivity index is 1.36. The number of rotatable bonds is 5. The summed E-state index contributed by atoms with van der Waals surface area (Å²) in [5, 5.41) is 8.08. The van der Waals surface area contributed by atoms with Crippen LogP contribution in [0.1, 0.15) is 27.6 Å². The summed E-state index contributed by atoms with van der Waals surface area (Å²) in [6, 6.07) is 13.7. The van der Waals surface area contributed by atoms with Gasteiger partial charge in [0.25, 0.3) is 11.8 Å². The number of hydrogen-bond donors (Lipinski definition) is 0. The van der Waals surface area contributed by atoms with E-state index in [1.807, 2.05) is 31.2 Å². The number of carbonyl (C=O) groups is 1. The van der Waals surface area contributed by atoms with Crippen molar-refractivity contribution in [3.63, 3.8) is 0 Å². The summed E-state index contributed by atoms with van der Waals surface area (Å²) < 4.78 is 21.1. The summed E-state index contributed by atoms with van der Waals surface area (Å²) in [6.07, 6.45) is 0. The van der Waals surface area contributed by atoms with Gasteiger partial charge in [-0.1, -0.05) is 41.1 Å². The monoisotopic (exact) mass is 434 g/mol. The molecule has 0 atom stereocenters. The van der Waals surface area contributed by atoms with Gasteiger partial charge in [0.15, 0.2) is 5.82 Å². The van der Waals surface area contributed by atoms with E-state index in [0.717, 1.165) is 15.8 Å². The molecule has 10 heteroatoms. The Labute approximate surface area is 181 Å². The highest BCUT2D eigenvalue weighted by atomic mass is 19.1. The third-order valence-corrected chi connectivity index (χ3v) is 5.28. The van der Waals surface area contributed by atoms with Gasteiger partial charge in [-0.15, -0.1) is 5.10 Å². The van der Waals surface area contributed by atoms with Crippen LogP contribution in [0, 0.1) is 12.7 Å². The van der Waals surface area contributed by atoms with Crippen LogP contribution in [0.25, 0.3) is 11.5 Å². The van der Waals surface area contributed by atoms with E-state index in [1.54, 1.807) is 11.0 Å². The van der Waals surface area contributed by atoms with Crippen molar-refractivity contribution in [1.29, 1.82) is 0 Å². The van der Waals surface area contributed by atoms with Crippen molar-refractivity contribution in [3.05, 3.63) is 87.6 Å². The molecule has 0 bridgehead atoms. The summed E-state index contributed by atoms with van der Waals surface area (Å²) in [6.45, 7) is 3.15. The van der Waals surface area contributed by atoms with E-state index in [0.29, 0.717) is 25.2 Å². The van der Waals surface area contributed by atoms with Gasteiger partial charge in [-0.25, -0.2) is 13.9 Å². The van der Waals surface area contributed by atoms with Crippen molar-refractivity contribution in [1.82, 2.24) is 29.4 Å². The van der Waals surface area contributed by atoms with Crippen LogP contribution in [0.2, 0.25) is 0 Å². The highest BCUT2D eigenvalue weighted by Crippen LogP contribution is 2.18. The molecule has 3 heterocycles. The average molecular weight is 434 g/mol. The number of hydrogen-bond acceptors (Lipinski definition) is 6. The molecule has 1 amide bonds. The Kier molecular flexibility index (Phi) is 4.89. The van der Waals surface area contributed by atoms with Crippen LogP contribution < -0.4 is 5.69 Å². The van der Waals surface area contributed by atoms with Gasteiger partial charge in [0.05, 0.1) is 0 Å². The Hall–Kier alpha value is -4.08. The van der Waals surface area contributed by atoms with E-state index in [4.69, 9.17) is 4.52 Å². The first kappa shape index (κ1) is 19.9. The number of benzene rings is 2. The second-order valence-electron chi connectivity index (χ2n) is 7.66. The van der Waals surface area contributed by atoms with Crippen LogP contribution in [0.3, 0.4) is 0 Å². The van der Waals surface area contributed by atoms with Crippen molar-refractivity contribution < 1.29 is 13.7 Å². The zero-order valence-electron chi connectivity index (χ0n) is 17.2. The lowest BCUT2D eigenvalue weighted by Crippen LogP contribution is -2.42. The van der Waals surface area contributed by atoms with Crippen molar-refractivity contribution in [2.24, 2.45) is 0 Å². The molecule has 0 saturated heterocycles. The highest BCUT2D eigenvalue weighted by molar-refractivity contribution is 5.91. The van der Waals surface area contributed by atoms with E-state index < -0.39 is 11.5 Å². The Morgan fingerprint density at radius 1 is 1.06 bits per heavy atom. The Morgan fingerprint density at radius 3 is 2.72 bits per heavy atom. The third-order valence-electron chi connectivity index (χ3n) is 5.28. The minimum absolute atomic E-state index is 0.0667. The third kappa shape index (κ3) is 3.70. The highest BCUT2D eigenvalue weighted by Gasteiger charge is 2.30. The van der Waals surface area contributed by atoms with Crippen molar-refractivity contribution in [3.8, 4) is 11.5 Å². The Bertz CT molecular complexity index is 1370. The molecule has 0 aliphatic carbocycles. The first-order valence-electron chi connectivity index (χ1n) is 10.1. The molecule has 0 fully saturated rings. The summed E-state index contributed by atoms with van der Waals surface area (Å²) >= 11 is 0. The lowest BCUT2D eigenvalue weighted by molar-refractivity contribution is 0.0681. The number of fused-ring (bicyclic) bond motifs is 1. The molecule has 162 valence electrons. The SMILES string of the molecule is Cc1cccc(CN2CCn3c(nn(Cc4noc(-c5cccc(F)c5)n4)c3=O)C2=O)c1. The quantitative estimate of drug-likeness (QED) is 0.478. The molecule has 2 aromatic carbocycles. The normalized spacial score (nSPS) is 13.4. The lowest BCUT2D eigenvalue weighted by Gasteiger charge is -2.26. The van der Waals surface area contributed by atoms with E-state index in [9.17, 15) is 14.0 Å². The predicted octanol–water partition coefficient (Wildman–Crippen LogP) is 2.25. The summed E-state index contributed by atoms with van der Waals surface area (Å²) in [7, 11) is 0. The molecule has 0 unspecified atom stereocenters. The van der Waals surface area contributed by atoms with Crippen molar-refractivity contribution in [2.75, 3.05) is 6.54 Å². The van der Waals surface area contributed by atoms with Gasteiger partial charge < -0.3 is 9.42 Å². The summed E-state index contributed by atoms with van der Waals surface area (Å²) in [4.78, 5) is 31.6. The predicted molar refractivity (Wildman–Crippen MR) is 111 cm³/mol. The first-order valence-corrected chi connectivity index (χ1v) is 10.1. The first-order chi connectivity index (χ1) is 15.5. The largest absolute Gasteiger partial charge is 0.346 e. The average Bonchev–Trinajstić information content (AvgIpc) is 3.36. The van der Waals surface area contributed by atoms with Crippen LogP contribution >= 0.6 is 0 Å². The smallest absolute Gasteiger partial charge is 0.334 e. The van der Waals surface area contributed by atoms with Gasteiger partial charge in [-0.05, 0) is 30.7 Å². The number of aromatic nitrogens is 5. The van der Waals surface area contributed by atoms with Gasteiger partial charge in [-0.3, -0.25) is 9.36 Å². The molecular weight excluding hydrogens is 415 g/mol. The second-order valence-corrected chi connectivity index (χ2v) is 7.66. The molecule has 1 aliphatic rings. The number of carbonyl (C=O) groups excluding carboxylic acids is 1. The van der Waals surface area contributed by atoms with Crippen molar-refractivity contribution >= 4 is 5.91 Å². The summed E-state index contributed by atoms with van der Waals surface area (Å²) in [5.74, 6) is -0.304. The molecule has 9 nitrogen and oxygen atoms in total. The van der Waals surface area contributed by atoms with Gasteiger partial charge >= 0.3 is 5.69 Å². The fraction of sp³-hybridized carbons (Fsp3) is 0.227. The molecule has 0 radical (unpaired) electrons. The number of amides is 1. The van der Waals surface area contributed by atoms with Crippen LogP contribution in [-0.4, -0.2) is 41.8 Å². The molecule has 2 aromatic heterocycles. The molecular formula is C22H19FN6O3. The summed E-state index contributed by atoms with van der Waals surface area (Å²) in [5.41, 5.74) is 2.15. The minimum Gasteiger partial charge on any atom is -0.334 e. The van der Waals surface area contributed by atoms with Crippen LogP contribution in [0.5, 0.6) is 0 Å². The van der Waals surface area contributed by atoms with Crippen molar-refractivity contribution in [2.45, 2.75) is 26.6 Å². The number of halogens is 1. The fourth-order valence-corrected chi connectivity index (χ4v) is 3.74. The molecule has 1 aliphatic heterocycles. The molecule has 5 rings (SSSR count). The minimum atomic E-state index is -0.422. The molecule has 0 saturated carbocycles. The molecule has 0 spiro atoms. The van der Waals surface area contributed by atoms with Gasteiger partial charge in [0.2, 0.25) is 5.82 Å². The van der Waals surface area contributed by atoms with E-state index in [1.165, 1.54) is 22.8 Å². The maximum atomic E-state index is 13.4. The van der Waals surface area contributed by atoms with Crippen LogP contribution in [-0.2, 0) is 19.6 Å². The zero-order chi connectivity index (χ0) is 22.2. The topological polar surface area (TPSA) is 99.0 Å². The number of nitrogens with zero attached hydrogens (tertiary/aromatic N) is 6. The van der Waals surface area contributed by atoms with Crippen LogP contribution in [0.15, 0.2) is 57.8 Å². The molecule has 0 N–H and O–H groups in total. The van der Waals surface area contributed by atoms with E-state index in [-0.39, 0.29) is 30.0 Å². The van der Waals surface area contributed by atoms with E-state index in [2.05, 4.69) is 15.2 Å². The van der Waals surface area contributed by atoms with Gasteiger partial charge in [-0.2, -0.15) is 4.98 Å². The molecule has 32 heavy (non-hydrogen) atoms. The second kappa shape index (κ2) is 7.88. The van der Waals surface area contributed by atoms with Crippen LogP contribution in [0.4, 0.5) is 4.39 Å². The maximum absolute atomic E-state index is 13.4. The zero-order valence-corrected chi connectivity index (χ0v) is 17.2. The fourth-order valence-electron chi connectivity index (χ4n) is 3.74. The number of aryl methyl sites for hydroxylation is 1. The standard InChI is InChI=1S/C22H19FN6O3/c1-14-4-2-5-15(10-14)12-27-8-9-28-19(21(27)30)25-29(22(28)31)13-18-24-20(32-26-18)16-6-3-7-17(23)11-16/h2-7,10-11H,8-9,12-13H2,1H3. The lowest BCUT2D eigenvalue weighted by atomic mass is 10.1. The Morgan fingerprint density at radius 2 is 1.91 bits per heavy atom. The van der Waals surface area contributed by atoms with Gasteiger partial charge in [0, 0.05) is 25.2 Å². The molecule has 4 aromatic rings. The van der Waals surface area contributed by atoms with Gasteiger partial charge in [0.1, 0.15) is 12.4 Å².